The summed E-state index contributed by atoms with van der Waals surface area (Å²) >= 11 is 0. The molecule has 0 aliphatic rings. The number of aryl methyl sites for hydroxylation is 1. The lowest BCUT2D eigenvalue weighted by Crippen LogP contribution is -2.21. The third kappa shape index (κ3) is 3.70. The van der Waals surface area contributed by atoms with Gasteiger partial charge in [-0.25, -0.2) is 4.79 Å². The second-order valence-electron chi connectivity index (χ2n) is 4.77. The van der Waals surface area contributed by atoms with E-state index in [0.717, 1.165) is 0 Å². The average Bonchev–Trinajstić information content (AvgIpc) is 2.94. The van der Waals surface area contributed by atoms with Gasteiger partial charge in [-0.2, -0.15) is 4.68 Å². The Balaban J connectivity index is 2.10. The summed E-state index contributed by atoms with van der Waals surface area (Å²) in [4.78, 5) is 26.9. The summed E-state index contributed by atoms with van der Waals surface area (Å²) in [5.74, 6) is -1.02. The van der Waals surface area contributed by atoms with Crippen molar-refractivity contribution in [2.24, 2.45) is 10.9 Å². The summed E-state index contributed by atoms with van der Waals surface area (Å²) in [7, 11) is 0. The lowest BCUT2D eigenvalue weighted by atomic mass is 10.2. The molecule has 0 bridgehead atoms. The van der Waals surface area contributed by atoms with Crippen LogP contribution in [0.1, 0.15) is 24.2 Å². The highest BCUT2D eigenvalue weighted by atomic mass is 16.7. The Bertz CT molecular complexity index is 754. The highest BCUT2D eigenvalue weighted by Gasteiger charge is 2.26. The van der Waals surface area contributed by atoms with Gasteiger partial charge in [0.05, 0.1) is 16.9 Å². The first-order chi connectivity index (χ1) is 10.9. The van der Waals surface area contributed by atoms with Crippen molar-refractivity contribution in [3.63, 3.8) is 0 Å². The Kier molecular flexibility index (Phi) is 4.69. The number of aromatic nitrogens is 2. The summed E-state index contributed by atoms with van der Waals surface area (Å²) in [6, 6.07) is 9.19. The van der Waals surface area contributed by atoms with Crippen LogP contribution in [0.5, 0.6) is 0 Å². The number of rotatable bonds is 5. The quantitative estimate of drug-likeness (QED) is 0.293. The number of benzene rings is 1. The number of oxime groups is 1. The van der Waals surface area contributed by atoms with Crippen molar-refractivity contribution in [1.29, 1.82) is 0 Å². The molecule has 2 N–H and O–H groups in total. The van der Waals surface area contributed by atoms with Crippen molar-refractivity contribution < 1.29 is 14.6 Å². The predicted octanol–water partition coefficient (Wildman–Crippen LogP) is 1.52. The molecule has 0 aliphatic carbocycles. The molecule has 1 atom stereocenters. The van der Waals surface area contributed by atoms with Gasteiger partial charge in [0.25, 0.3) is 0 Å². The number of nitrogens with zero attached hydrogens (tertiary/aromatic N) is 4. The van der Waals surface area contributed by atoms with E-state index < -0.39 is 16.9 Å². The van der Waals surface area contributed by atoms with Crippen LogP contribution in [0.15, 0.2) is 41.6 Å². The Hall–Kier alpha value is -3.23. The first-order valence-electron chi connectivity index (χ1n) is 6.70. The zero-order valence-electron chi connectivity index (χ0n) is 12.5. The molecule has 1 aromatic heterocycles. The van der Waals surface area contributed by atoms with Crippen LogP contribution < -0.4 is 5.73 Å². The van der Waals surface area contributed by atoms with Crippen molar-refractivity contribution in [2.75, 3.05) is 0 Å². The van der Waals surface area contributed by atoms with Crippen molar-refractivity contribution >= 4 is 17.6 Å². The van der Waals surface area contributed by atoms with Crippen molar-refractivity contribution in [2.45, 2.75) is 19.9 Å². The molecular formula is C14H15N5O4. The molecule has 1 aromatic carbocycles. The van der Waals surface area contributed by atoms with Gasteiger partial charge in [0.1, 0.15) is 0 Å². The highest BCUT2D eigenvalue weighted by molar-refractivity contribution is 5.97. The topological polar surface area (TPSA) is 126 Å². The van der Waals surface area contributed by atoms with Crippen LogP contribution in [0.3, 0.4) is 0 Å². The van der Waals surface area contributed by atoms with E-state index in [0.29, 0.717) is 11.3 Å². The fourth-order valence-electron chi connectivity index (χ4n) is 1.88. The van der Waals surface area contributed by atoms with E-state index in [4.69, 9.17) is 10.6 Å². The SMILES string of the molecule is Cc1cc([N+](=O)[O-])nn1C(C)C(=O)O/N=C(\N)c1ccccc1. The van der Waals surface area contributed by atoms with Crippen LogP contribution in [0.2, 0.25) is 0 Å². The molecule has 2 rings (SSSR count). The molecule has 0 fully saturated rings. The molecule has 1 unspecified atom stereocenters. The first-order valence-corrected chi connectivity index (χ1v) is 6.70. The van der Waals surface area contributed by atoms with Crippen molar-refractivity contribution in [1.82, 2.24) is 9.78 Å². The van der Waals surface area contributed by atoms with Crippen LogP contribution >= 0.6 is 0 Å². The minimum Gasteiger partial charge on any atom is -0.380 e. The van der Waals surface area contributed by atoms with Crippen LogP contribution in [0, 0.1) is 17.0 Å². The van der Waals surface area contributed by atoms with Gasteiger partial charge in [0.15, 0.2) is 11.9 Å². The van der Waals surface area contributed by atoms with Gasteiger partial charge >= 0.3 is 11.8 Å². The third-order valence-corrected chi connectivity index (χ3v) is 3.11. The lowest BCUT2D eigenvalue weighted by Gasteiger charge is -2.07. The van der Waals surface area contributed by atoms with E-state index in [9.17, 15) is 14.9 Å². The maximum absolute atomic E-state index is 12.0. The number of carbonyl (C=O) groups is 1. The molecule has 120 valence electrons. The van der Waals surface area contributed by atoms with E-state index in [2.05, 4.69) is 10.3 Å². The van der Waals surface area contributed by atoms with E-state index in [1.165, 1.54) is 17.7 Å². The minimum absolute atomic E-state index is 0.0503. The average molecular weight is 317 g/mol. The van der Waals surface area contributed by atoms with Gasteiger partial charge in [-0.1, -0.05) is 35.5 Å². The van der Waals surface area contributed by atoms with Crippen LogP contribution in [-0.2, 0) is 9.63 Å². The van der Waals surface area contributed by atoms with Gasteiger partial charge in [-0.05, 0) is 18.8 Å². The summed E-state index contributed by atoms with van der Waals surface area (Å²) in [5, 5.41) is 18.0. The summed E-state index contributed by atoms with van der Waals surface area (Å²) in [6.45, 7) is 3.10. The number of hydrogen-bond acceptors (Lipinski definition) is 6. The minimum atomic E-state index is -0.879. The summed E-state index contributed by atoms with van der Waals surface area (Å²) in [5.41, 5.74) is 6.79. The Morgan fingerprint density at radius 2 is 2.09 bits per heavy atom. The van der Waals surface area contributed by atoms with Gasteiger partial charge in [0.2, 0.25) is 0 Å². The second kappa shape index (κ2) is 6.69. The predicted molar refractivity (Wildman–Crippen MR) is 81.6 cm³/mol. The maximum Gasteiger partial charge on any atom is 0.390 e. The van der Waals surface area contributed by atoms with Gasteiger partial charge in [0, 0.05) is 5.56 Å². The number of amidine groups is 1. The largest absolute Gasteiger partial charge is 0.390 e. The lowest BCUT2D eigenvalue weighted by molar-refractivity contribution is -0.389. The Morgan fingerprint density at radius 3 is 2.65 bits per heavy atom. The van der Waals surface area contributed by atoms with Crippen molar-refractivity contribution in [3.8, 4) is 0 Å². The molecule has 9 heteroatoms. The number of nitro groups is 1. The Morgan fingerprint density at radius 1 is 1.43 bits per heavy atom. The zero-order chi connectivity index (χ0) is 17.0. The van der Waals surface area contributed by atoms with Gasteiger partial charge < -0.3 is 20.7 Å². The van der Waals surface area contributed by atoms with E-state index in [-0.39, 0.29) is 11.7 Å². The number of hydrogen-bond donors (Lipinski definition) is 1. The maximum atomic E-state index is 12.0. The van der Waals surface area contributed by atoms with E-state index in [1.807, 2.05) is 6.07 Å². The van der Waals surface area contributed by atoms with Crippen LogP contribution in [0.25, 0.3) is 0 Å². The second-order valence-corrected chi connectivity index (χ2v) is 4.77. The third-order valence-electron chi connectivity index (χ3n) is 3.11. The fraction of sp³-hybridized carbons (Fsp3) is 0.214. The standard InChI is InChI=1S/C14H15N5O4/c1-9-8-12(19(21)22)16-18(9)10(2)14(20)23-17-13(15)11-6-4-3-5-7-11/h3-8,10H,1-2H3,(H2,15,17). The van der Waals surface area contributed by atoms with Crippen LogP contribution in [0.4, 0.5) is 5.82 Å². The van der Waals surface area contributed by atoms with E-state index in [1.54, 1.807) is 31.2 Å². The summed E-state index contributed by atoms with van der Waals surface area (Å²) in [6.07, 6.45) is 0. The van der Waals surface area contributed by atoms with Gasteiger partial charge in [-0.3, -0.25) is 0 Å². The number of carbonyl (C=O) groups excluding carboxylic acids is 1. The van der Waals surface area contributed by atoms with E-state index >= 15 is 0 Å². The fourth-order valence-corrected chi connectivity index (χ4v) is 1.88. The van der Waals surface area contributed by atoms with Crippen LogP contribution in [-0.4, -0.2) is 26.5 Å². The number of nitrogens with two attached hydrogens (primary N) is 1. The first kappa shape index (κ1) is 16.1. The molecule has 0 spiro atoms. The monoisotopic (exact) mass is 317 g/mol. The molecule has 0 radical (unpaired) electrons. The molecule has 0 saturated heterocycles. The molecule has 2 aromatic rings. The van der Waals surface area contributed by atoms with Gasteiger partial charge in [-0.15, -0.1) is 0 Å². The smallest absolute Gasteiger partial charge is 0.380 e. The molecule has 1 heterocycles. The summed E-state index contributed by atoms with van der Waals surface area (Å²) < 4.78 is 1.20. The molecule has 23 heavy (non-hydrogen) atoms. The molecule has 0 aliphatic heterocycles. The Labute approximate surface area is 131 Å². The molecule has 0 saturated carbocycles. The zero-order valence-corrected chi connectivity index (χ0v) is 12.5. The van der Waals surface area contributed by atoms with Crippen molar-refractivity contribution in [3.05, 3.63) is 57.8 Å². The molecular weight excluding hydrogens is 302 g/mol. The normalized spacial score (nSPS) is 12.7. The molecule has 0 amide bonds. The molecule has 9 nitrogen and oxygen atoms in total. The highest BCUT2D eigenvalue weighted by Crippen LogP contribution is 2.17.